The number of allylic oxidation sites excluding steroid dienone is 1. The van der Waals surface area contributed by atoms with Gasteiger partial charge in [0.2, 0.25) is 0 Å². The Morgan fingerprint density at radius 3 is 2.56 bits per heavy atom. The van der Waals surface area contributed by atoms with E-state index in [1.807, 2.05) is 37.9 Å². The van der Waals surface area contributed by atoms with Crippen LogP contribution < -0.4 is 5.32 Å². The molecular weight excluding hydrogens is 334 g/mol. The molecule has 0 saturated heterocycles. The van der Waals surface area contributed by atoms with E-state index in [-0.39, 0.29) is 11.8 Å². The van der Waals surface area contributed by atoms with Crippen LogP contribution in [0.1, 0.15) is 33.1 Å². The van der Waals surface area contributed by atoms with Crippen molar-refractivity contribution in [2.75, 3.05) is 25.9 Å². The Labute approximate surface area is 152 Å². The third-order valence-electron chi connectivity index (χ3n) is 3.92. The fraction of sp³-hybridized carbons (Fsp3) is 0.526. The molecule has 6 heteroatoms. The van der Waals surface area contributed by atoms with Crippen LogP contribution >= 0.6 is 0 Å². The topological polar surface area (TPSA) is 61.8 Å². The first-order valence-electron chi connectivity index (χ1n) is 8.85. The van der Waals surface area contributed by atoms with Crippen molar-refractivity contribution in [1.82, 2.24) is 10.2 Å². The smallest absolute Gasteiger partial charge is 0.193 e. The largest absolute Gasteiger partial charge is 0.352 e. The highest BCUT2D eigenvalue weighted by molar-refractivity contribution is 7.91. The molecule has 0 radical (unpaired) electrons. The number of guanidine groups is 1. The van der Waals surface area contributed by atoms with E-state index in [0.29, 0.717) is 17.9 Å². The molecule has 1 aromatic rings. The van der Waals surface area contributed by atoms with E-state index in [1.54, 1.807) is 24.3 Å². The number of sulfone groups is 1. The Kier molecular flexibility index (Phi) is 9.27. The zero-order valence-corrected chi connectivity index (χ0v) is 16.4. The molecule has 0 amide bonds. The molecule has 0 aromatic heterocycles. The summed E-state index contributed by atoms with van der Waals surface area (Å²) in [4.78, 5) is 6.91. The highest BCUT2D eigenvalue weighted by atomic mass is 32.2. The second kappa shape index (κ2) is 10.9. The van der Waals surface area contributed by atoms with Gasteiger partial charge in [-0.05, 0) is 38.3 Å². The zero-order chi connectivity index (χ0) is 18.7. The first-order valence-corrected chi connectivity index (χ1v) is 10.5. The number of unbranched alkanes of at least 4 members (excludes halogenated alkanes) is 1. The Morgan fingerprint density at radius 1 is 1.32 bits per heavy atom. The predicted octanol–water partition coefficient (Wildman–Crippen LogP) is 3.10. The summed E-state index contributed by atoms with van der Waals surface area (Å²) in [6.07, 6.45) is 4.54. The quantitative estimate of drug-likeness (QED) is 0.299. The van der Waals surface area contributed by atoms with Crippen molar-refractivity contribution >= 4 is 15.8 Å². The predicted molar refractivity (Wildman–Crippen MR) is 106 cm³/mol. The van der Waals surface area contributed by atoms with Crippen molar-refractivity contribution in [2.24, 2.45) is 4.99 Å². The number of rotatable bonds is 10. The van der Waals surface area contributed by atoms with Gasteiger partial charge in [-0.2, -0.15) is 0 Å². The lowest BCUT2D eigenvalue weighted by Gasteiger charge is -2.26. The highest BCUT2D eigenvalue weighted by Gasteiger charge is 2.21. The molecule has 0 spiro atoms. The van der Waals surface area contributed by atoms with Gasteiger partial charge in [0.25, 0.3) is 0 Å². The standard InChI is InChI=1S/C19H31N3O2S/c1-5-8-12-15-22(4)19(20-7-3)21-17(6-2)16-25(23,24)18-13-10-9-11-14-18/h5,9-11,13-14,17H,1,6-8,12,15-16H2,2-4H3,(H,20,21). The van der Waals surface area contributed by atoms with E-state index in [4.69, 9.17) is 0 Å². The van der Waals surface area contributed by atoms with Crippen molar-refractivity contribution in [3.05, 3.63) is 43.0 Å². The van der Waals surface area contributed by atoms with Crippen molar-refractivity contribution in [3.8, 4) is 0 Å². The van der Waals surface area contributed by atoms with Crippen LogP contribution in [0.3, 0.4) is 0 Å². The lowest BCUT2D eigenvalue weighted by Crippen LogP contribution is -2.47. The number of aliphatic imine (C=N–C) groups is 1. The average Bonchev–Trinajstić information content (AvgIpc) is 2.61. The monoisotopic (exact) mass is 365 g/mol. The molecule has 1 atom stereocenters. The van der Waals surface area contributed by atoms with Crippen LogP contribution in [0.2, 0.25) is 0 Å². The molecule has 0 aliphatic rings. The van der Waals surface area contributed by atoms with Gasteiger partial charge in [-0.3, -0.25) is 4.99 Å². The molecule has 25 heavy (non-hydrogen) atoms. The van der Waals surface area contributed by atoms with Gasteiger partial charge >= 0.3 is 0 Å². The summed E-state index contributed by atoms with van der Waals surface area (Å²) >= 11 is 0. The molecule has 0 heterocycles. The normalized spacial score (nSPS) is 13.3. The maximum atomic E-state index is 12.6. The summed E-state index contributed by atoms with van der Waals surface area (Å²) in [6.45, 7) is 9.19. The molecule has 0 saturated carbocycles. The fourth-order valence-corrected chi connectivity index (χ4v) is 4.05. The van der Waals surface area contributed by atoms with Gasteiger partial charge in [0.15, 0.2) is 15.8 Å². The minimum absolute atomic E-state index is 0.0523. The van der Waals surface area contributed by atoms with Crippen LogP contribution in [0.25, 0.3) is 0 Å². The first kappa shape index (κ1) is 21.2. The molecule has 1 N–H and O–H groups in total. The zero-order valence-electron chi connectivity index (χ0n) is 15.6. The number of benzene rings is 1. The molecule has 0 bridgehead atoms. The molecule has 0 aliphatic carbocycles. The van der Waals surface area contributed by atoms with Gasteiger partial charge in [-0.15, -0.1) is 6.58 Å². The van der Waals surface area contributed by atoms with Crippen molar-refractivity contribution in [1.29, 1.82) is 0 Å². The third kappa shape index (κ3) is 7.30. The van der Waals surface area contributed by atoms with Gasteiger partial charge in [-0.1, -0.05) is 31.2 Å². The minimum atomic E-state index is -3.33. The Balaban J connectivity index is 2.80. The summed E-state index contributed by atoms with van der Waals surface area (Å²) in [7, 11) is -1.35. The second-order valence-electron chi connectivity index (χ2n) is 5.99. The fourth-order valence-electron chi connectivity index (χ4n) is 2.44. The third-order valence-corrected chi connectivity index (χ3v) is 5.75. The van der Waals surface area contributed by atoms with Crippen LogP contribution in [-0.4, -0.2) is 51.2 Å². The van der Waals surface area contributed by atoms with Crippen molar-refractivity contribution in [3.63, 3.8) is 0 Å². The lowest BCUT2D eigenvalue weighted by molar-refractivity contribution is 0.454. The number of hydrogen-bond donors (Lipinski definition) is 1. The molecule has 140 valence electrons. The summed E-state index contributed by atoms with van der Waals surface area (Å²) < 4.78 is 25.2. The Bertz CT molecular complexity index is 642. The van der Waals surface area contributed by atoms with Gasteiger partial charge in [0, 0.05) is 26.2 Å². The van der Waals surface area contributed by atoms with E-state index >= 15 is 0 Å². The van der Waals surface area contributed by atoms with Gasteiger partial charge in [0.1, 0.15) is 0 Å². The van der Waals surface area contributed by atoms with Crippen LogP contribution in [0.15, 0.2) is 52.9 Å². The van der Waals surface area contributed by atoms with Gasteiger partial charge < -0.3 is 10.2 Å². The average molecular weight is 366 g/mol. The molecule has 1 unspecified atom stereocenters. The summed E-state index contributed by atoms with van der Waals surface area (Å²) in [5.41, 5.74) is 0. The number of nitrogens with one attached hydrogen (secondary N) is 1. The van der Waals surface area contributed by atoms with Gasteiger partial charge in [-0.25, -0.2) is 8.42 Å². The molecular formula is C19H31N3O2S. The molecule has 1 rings (SSSR count). The second-order valence-corrected chi connectivity index (χ2v) is 8.03. The summed E-state index contributed by atoms with van der Waals surface area (Å²) in [5.74, 6) is 0.804. The molecule has 0 aliphatic heterocycles. The Hall–Kier alpha value is -1.82. The summed E-state index contributed by atoms with van der Waals surface area (Å²) in [5, 5.41) is 3.33. The molecule has 1 aromatic carbocycles. The van der Waals surface area contributed by atoms with Gasteiger partial charge in [0.05, 0.1) is 10.6 Å². The van der Waals surface area contributed by atoms with Crippen molar-refractivity contribution < 1.29 is 8.42 Å². The SMILES string of the molecule is C=CCCCN(C)C(=NCC)NC(CC)CS(=O)(=O)c1ccccc1. The molecule has 5 nitrogen and oxygen atoms in total. The lowest BCUT2D eigenvalue weighted by atomic mass is 10.2. The van der Waals surface area contributed by atoms with E-state index in [1.165, 1.54) is 0 Å². The number of nitrogens with zero attached hydrogens (tertiary/aromatic N) is 2. The first-order chi connectivity index (χ1) is 11.9. The van der Waals surface area contributed by atoms with E-state index < -0.39 is 9.84 Å². The van der Waals surface area contributed by atoms with Crippen molar-refractivity contribution in [2.45, 2.75) is 44.0 Å². The highest BCUT2D eigenvalue weighted by Crippen LogP contribution is 2.12. The van der Waals surface area contributed by atoms with Crippen LogP contribution in [-0.2, 0) is 9.84 Å². The summed E-state index contributed by atoms with van der Waals surface area (Å²) in [6, 6.07) is 8.42. The maximum Gasteiger partial charge on any atom is 0.193 e. The van der Waals surface area contributed by atoms with Crippen LogP contribution in [0.5, 0.6) is 0 Å². The van der Waals surface area contributed by atoms with E-state index in [0.717, 1.165) is 25.3 Å². The van der Waals surface area contributed by atoms with E-state index in [9.17, 15) is 8.42 Å². The molecule has 0 fully saturated rings. The Morgan fingerprint density at radius 2 is 2.00 bits per heavy atom. The minimum Gasteiger partial charge on any atom is -0.352 e. The van der Waals surface area contributed by atoms with Crippen LogP contribution in [0, 0.1) is 0 Å². The number of hydrogen-bond acceptors (Lipinski definition) is 3. The maximum absolute atomic E-state index is 12.6. The van der Waals surface area contributed by atoms with Crippen LogP contribution in [0.4, 0.5) is 0 Å². The van der Waals surface area contributed by atoms with E-state index in [2.05, 4.69) is 16.9 Å².